The Hall–Kier alpha value is -2.52. The maximum atomic E-state index is 13.7. The summed E-state index contributed by atoms with van der Waals surface area (Å²) in [4.78, 5) is 0. The first kappa shape index (κ1) is 15.4. The molecule has 0 saturated carbocycles. The van der Waals surface area contributed by atoms with Crippen molar-refractivity contribution in [1.29, 1.82) is 0 Å². The molecular weight excluding hydrogens is 294 g/mol. The minimum atomic E-state index is -1.63. The summed E-state index contributed by atoms with van der Waals surface area (Å²) in [6.07, 6.45) is 0. The van der Waals surface area contributed by atoms with E-state index in [1.807, 2.05) is 19.1 Å². The van der Waals surface area contributed by atoms with E-state index in [1.165, 1.54) is 36.4 Å². The highest BCUT2D eigenvalue weighted by Crippen LogP contribution is 2.37. The van der Waals surface area contributed by atoms with Crippen molar-refractivity contribution in [3.63, 3.8) is 0 Å². The van der Waals surface area contributed by atoms with Crippen molar-refractivity contribution in [1.82, 2.24) is 0 Å². The van der Waals surface area contributed by atoms with Crippen LogP contribution in [-0.2, 0) is 5.60 Å². The van der Waals surface area contributed by atoms with Crippen LogP contribution in [0.15, 0.2) is 72.8 Å². The zero-order valence-corrected chi connectivity index (χ0v) is 12.6. The lowest BCUT2D eigenvalue weighted by Gasteiger charge is -2.30. The number of aliphatic hydroxyl groups is 1. The average Bonchev–Trinajstić information content (AvgIpc) is 2.55. The van der Waals surface area contributed by atoms with Gasteiger partial charge < -0.3 is 5.11 Å². The van der Waals surface area contributed by atoms with E-state index in [4.69, 9.17) is 0 Å². The minimum Gasteiger partial charge on any atom is -0.376 e. The fraction of sp³-hybridized carbons (Fsp3) is 0.100. The van der Waals surface area contributed by atoms with E-state index < -0.39 is 17.2 Å². The summed E-state index contributed by atoms with van der Waals surface area (Å²) in [6.45, 7) is 1.94. The van der Waals surface area contributed by atoms with Gasteiger partial charge in [-0.1, -0.05) is 54.1 Å². The van der Waals surface area contributed by atoms with Crippen molar-refractivity contribution in [2.24, 2.45) is 0 Å². The van der Waals surface area contributed by atoms with Gasteiger partial charge >= 0.3 is 0 Å². The third-order valence-corrected chi connectivity index (χ3v) is 3.95. The SMILES string of the molecule is Cc1ccc(C(O)(c2cccc(F)c2)c2cccc(F)c2)cc1. The van der Waals surface area contributed by atoms with Gasteiger partial charge in [0.05, 0.1) is 0 Å². The smallest absolute Gasteiger partial charge is 0.140 e. The molecule has 0 aliphatic rings. The second kappa shape index (κ2) is 5.94. The molecule has 3 rings (SSSR count). The molecule has 0 spiro atoms. The number of hydrogen-bond donors (Lipinski definition) is 1. The maximum absolute atomic E-state index is 13.7. The monoisotopic (exact) mass is 310 g/mol. The number of halogens is 2. The Balaban J connectivity index is 2.27. The van der Waals surface area contributed by atoms with Crippen LogP contribution in [0.1, 0.15) is 22.3 Å². The second-order valence-electron chi connectivity index (χ2n) is 5.60. The predicted molar refractivity (Wildman–Crippen MR) is 86.1 cm³/mol. The van der Waals surface area contributed by atoms with Gasteiger partial charge in [0, 0.05) is 0 Å². The van der Waals surface area contributed by atoms with Crippen molar-refractivity contribution in [3.8, 4) is 0 Å². The van der Waals surface area contributed by atoms with Gasteiger partial charge in [0.2, 0.25) is 0 Å². The standard InChI is InChI=1S/C20H16F2O/c1-14-8-10-15(11-9-14)20(23,16-4-2-6-18(21)12-16)17-5-3-7-19(22)13-17/h2-13,23H,1H3. The molecule has 0 heterocycles. The molecule has 0 saturated heterocycles. The Morgan fingerprint density at radius 1 is 0.696 bits per heavy atom. The van der Waals surface area contributed by atoms with E-state index in [2.05, 4.69) is 0 Å². The van der Waals surface area contributed by atoms with Gasteiger partial charge in [0.25, 0.3) is 0 Å². The fourth-order valence-corrected chi connectivity index (χ4v) is 2.72. The van der Waals surface area contributed by atoms with Gasteiger partial charge in [-0.15, -0.1) is 0 Å². The third-order valence-electron chi connectivity index (χ3n) is 3.95. The predicted octanol–water partition coefficient (Wildman–Crippen LogP) is 4.56. The molecule has 0 aliphatic carbocycles. The van der Waals surface area contributed by atoms with E-state index in [1.54, 1.807) is 24.3 Å². The summed E-state index contributed by atoms with van der Waals surface area (Å²) in [5.74, 6) is -0.908. The Morgan fingerprint density at radius 2 is 1.17 bits per heavy atom. The van der Waals surface area contributed by atoms with Crippen molar-refractivity contribution in [3.05, 3.63) is 107 Å². The summed E-state index contributed by atoms with van der Waals surface area (Å²) >= 11 is 0. The van der Waals surface area contributed by atoms with Gasteiger partial charge in [-0.3, -0.25) is 0 Å². The first-order chi connectivity index (χ1) is 11.0. The summed E-state index contributed by atoms with van der Waals surface area (Å²) in [5.41, 5.74) is 0.672. The van der Waals surface area contributed by atoms with Crippen LogP contribution >= 0.6 is 0 Å². The van der Waals surface area contributed by atoms with E-state index in [0.717, 1.165) is 5.56 Å². The van der Waals surface area contributed by atoms with Crippen molar-refractivity contribution in [2.75, 3.05) is 0 Å². The van der Waals surface area contributed by atoms with E-state index in [-0.39, 0.29) is 0 Å². The van der Waals surface area contributed by atoms with Crippen molar-refractivity contribution in [2.45, 2.75) is 12.5 Å². The number of benzene rings is 3. The molecule has 116 valence electrons. The van der Waals surface area contributed by atoms with Gasteiger partial charge in [-0.05, 0) is 47.9 Å². The largest absolute Gasteiger partial charge is 0.376 e. The maximum Gasteiger partial charge on any atom is 0.140 e. The van der Waals surface area contributed by atoms with Crippen molar-refractivity contribution < 1.29 is 13.9 Å². The van der Waals surface area contributed by atoms with E-state index >= 15 is 0 Å². The summed E-state index contributed by atoms with van der Waals surface area (Å²) < 4.78 is 27.4. The van der Waals surface area contributed by atoms with E-state index in [0.29, 0.717) is 16.7 Å². The fourth-order valence-electron chi connectivity index (χ4n) is 2.72. The summed E-state index contributed by atoms with van der Waals surface area (Å²) in [5, 5.41) is 11.4. The highest BCUT2D eigenvalue weighted by atomic mass is 19.1. The first-order valence-electron chi connectivity index (χ1n) is 7.32. The van der Waals surface area contributed by atoms with Crippen LogP contribution in [-0.4, -0.2) is 5.11 Å². The Kier molecular flexibility index (Phi) is 3.97. The van der Waals surface area contributed by atoms with Crippen LogP contribution < -0.4 is 0 Å². The molecule has 0 aromatic heterocycles. The molecule has 1 N–H and O–H groups in total. The Bertz CT molecular complexity index is 780. The Labute approximate surface area is 133 Å². The number of aryl methyl sites for hydroxylation is 1. The topological polar surface area (TPSA) is 20.2 Å². The average molecular weight is 310 g/mol. The molecule has 0 aliphatic heterocycles. The van der Waals surface area contributed by atoms with Gasteiger partial charge in [-0.2, -0.15) is 0 Å². The van der Waals surface area contributed by atoms with Crippen LogP contribution in [0.3, 0.4) is 0 Å². The van der Waals surface area contributed by atoms with Crippen LogP contribution in [0.4, 0.5) is 8.78 Å². The lowest BCUT2D eigenvalue weighted by Crippen LogP contribution is -2.29. The number of rotatable bonds is 3. The molecule has 0 unspecified atom stereocenters. The molecule has 0 amide bonds. The lowest BCUT2D eigenvalue weighted by atomic mass is 9.80. The zero-order chi connectivity index (χ0) is 16.4. The molecule has 23 heavy (non-hydrogen) atoms. The highest BCUT2D eigenvalue weighted by molar-refractivity contribution is 5.47. The molecular formula is C20H16F2O. The number of hydrogen-bond acceptors (Lipinski definition) is 1. The molecule has 0 bridgehead atoms. The molecule has 1 nitrogen and oxygen atoms in total. The molecule has 0 fully saturated rings. The highest BCUT2D eigenvalue weighted by Gasteiger charge is 2.34. The molecule has 3 aromatic carbocycles. The van der Waals surface area contributed by atoms with Gasteiger partial charge in [0.15, 0.2) is 0 Å². The molecule has 3 heteroatoms. The van der Waals surface area contributed by atoms with Crippen LogP contribution in [0.5, 0.6) is 0 Å². The quantitative estimate of drug-likeness (QED) is 0.703. The van der Waals surface area contributed by atoms with Crippen LogP contribution in [0, 0.1) is 18.6 Å². The summed E-state index contributed by atoms with van der Waals surface area (Å²) in [6, 6.07) is 18.7. The normalized spacial score (nSPS) is 11.5. The van der Waals surface area contributed by atoms with Crippen LogP contribution in [0.2, 0.25) is 0 Å². The van der Waals surface area contributed by atoms with Gasteiger partial charge in [-0.25, -0.2) is 8.78 Å². The first-order valence-corrected chi connectivity index (χ1v) is 7.32. The zero-order valence-electron chi connectivity index (χ0n) is 12.6. The Morgan fingerprint density at radius 3 is 1.61 bits per heavy atom. The summed E-state index contributed by atoms with van der Waals surface area (Å²) in [7, 11) is 0. The third kappa shape index (κ3) is 2.88. The molecule has 3 aromatic rings. The lowest BCUT2D eigenvalue weighted by molar-refractivity contribution is 0.125. The molecule has 0 radical (unpaired) electrons. The minimum absolute atomic E-state index is 0.354. The van der Waals surface area contributed by atoms with Gasteiger partial charge in [0.1, 0.15) is 17.2 Å². The second-order valence-corrected chi connectivity index (χ2v) is 5.60. The van der Waals surface area contributed by atoms with Crippen molar-refractivity contribution >= 4 is 0 Å². The molecule has 0 atom stereocenters. The van der Waals surface area contributed by atoms with E-state index in [9.17, 15) is 13.9 Å². The van der Waals surface area contributed by atoms with Crippen LogP contribution in [0.25, 0.3) is 0 Å².